The highest BCUT2D eigenvalue weighted by Gasteiger charge is 2.44. The first-order valence-electron chi connectivity index (χ1n) is 13.0. The Morgan fingerprint density at radius 3 is 2.61 bits per heavy atom. The molecule has 5 atom stereocenters. The van der Waals surface area contributed by atoms with Gasteiger partial charge in [-0.25, -0.2) is 0 Å². The van der Waals surface area contributed by atoms with Gasteiger partial charge in [-0.1, -0.05) is 48.6 Å². The molecule has 0 aromatic heterocycles. The number of nitrogens with one attached hydrogen (secondary N) is 2. The molecule has 0 radical (unpaired) electrons. The lowest BCUT2D eigenvalue weighted by molar-refractivity contribution is -0.147. The summed E-state index contributed by atoms with van der Waals surface area (Å²) >= 11 is 0. The Morgan fingerprint density at radius 1 is 1.13 bits per heavy atom. The average Bonchev–Trinajstić information content (AvgIpc) is 3.31. The zero-order chi connectivity index (χ0) is 27.2. The summed E-state index contributed by atoms with van der Waals surface area (Å²) in [5, 5.41) is 27.1. The summed E-state index contributed by atoms with van der Waals surface area (Å²) in [5.74, 6) is -1.61. The normalized spacial score (nSPS) is 22.5. The molecule has 9 nitrogen and oxygen atoms in total. The summed E-state index contributed by atoms with van der Waals surface area (Å²) in [7, 11) is 0. The van der Waals surface area contributed by atoms with E-state index in [1.165, 1.54) is 11.0 Å². The molecule has 2 aliphatic rings. The van der Waals surface area contributed by atoms with Crippen LogP contribution in [-0.2, 0) is 20.7 Å². The van der Waals surface area contributed by atoms with Crippen molar-refractivity contribution in [2.45, 2.75) is 69.9 Å². The van der Waals surface area contributed by atoms with Gasteiger partial charge in [0.15, 0.2) is 6.10 Å². The molecule has 0 spiro atoms. The number of aliphatic hydroxyl groups excluding tert-OH is 1. The number of phenolic OH excluding ortho intramolecular Hbond substituents is 1. The fourth-order valence-electron chi connectivity index (χ4n) is 4.95. The smallest absolute Gasteiger partial charge is 0.256 e. The van der Waals surface area contributed by atoms with Crippen LogP contribution in [0.5, 0.6) is 5.75 Å². The first-order valence-corrected chi connectivity index (χ1v) is 13.0. The number of phenols is 1. The molecule has 1 saturated heterocycles. The molecule has 0 saturated carbocycles. The molecule has 4 N–H and O–H groups in total. The SMILES string of the molecule is Cc1c(O)cccc1C(=O)NC(Cc1ccccc1)C(O)C(=O)N1COC(C)C1C(=O)NC1C=CCCC1. The van der Waals surface area contributed by atoms with Gasteiger partial charge in [0, 0.05) is 17.2 Å². The number of amides is 3. The van der Waals surface area contributed by atoms with Crippen LogP contribution >= 0.6 is 0 Å². The van der Waals surface area contributed by atoms with E-state index in [1.54, 1.807) is 26.0 Å². The van der Waals surface area contributed by atoms with Gasteiger partial charge in [0.05, 0.1) is 12.1 Å². The van der Waals surface area contributed by atoms with Crippen molar-refractivity contribution in [2.75, 3.05) is 6.73 Å². The number of aromatic hydroxyl groups is 1. The van der Waals surface area contributed by atoms with Gasteiger partial charge >= 0.3 is 0 Å². The van der Waals surface area contributed by atoms with Crippen molar-refractivity contribution in [3.63, 3.8) is 0 Å². The molecule has 4 rings (SSSR count). The highest BCUT2D eigenvalue weighted by atomic mass is 16.5. The fourth-order valence-corrected chi connectivity index (χ4v) is 4.95. The number of hydrogen-bond acceptors (Lipinski definition) is 6. The molecule has 38 heavy (non-hydrogen) atoms. The van der Waals surface area contributed by atoms with E-state index in [-0.39, 0.29) is 36.4 Å². The van der Waals surface area contributed by atoms with Crippen molar-refractivity contribution in [3.05, 3.63) is 77.4 Å². The summed E-state index contributed by atoms with van der Waals surface area (Å²) in [5.41, 5.74) is 1.43. The van der Waals surface area contributed by atoms with Crippen LogP contribution in [0.3, 0.4) is 0 Å². The second-order valence-electron chi connectivity index (χ2n) is 9.89. The topological polar surface area (TPSA) is 128 Å². The summed E-state index contributed by atoms with van der Waals surface area (Å²) in [6.07, 6.45) is 4.72. The standard InChI is InChI=1S/C29H35N3O6/c1-18-22(14-9-15-24(18)33)27(35)31-23(16-20-10-5-3-6-11-20)26(34)29(37)32-17-38-19(2)25(32)28(36)30-21-12-7-4-8-13-21/h3,5-7,9-12,14-15,19,21,23,25-26,33-34H,4,8,13,16-17H2,1-2H3,(H,30,36)(H,31,35). The minimum Gasteiger partial charge on any atom is -0.508 e. The number of carbonyl (C=O) groups is 3. The van der Waals surface area contributed by atoms with E-state index in [0.717, 1.165) is 24.8 Å². The molecular formula is C29H35N3O6. The van der Waals surface area contributed by atoms with Gasteiger partial charge in [-0.2, -0.15) is 0 Å². The number of ether oxygens (including phenoxy) is 1. The maximum atomic E-state index is 13.6. The Balaban J connectivity index is 1.54. The largest absolute Gasteiger partial charge is 0.508 e. The van der Waals surface area contributed by atoms with Crippen LogP contribution in [0.15, 0.2) is 60.7 Å². The molecule has 0 bridgehead atoms. The number of hydrogen-bond donors (Lipinski definition) is 4. The third kappa shape index (κ3) is 6.23. The minimum atomic E-state index is -1.64. The van der Waals surface area contributed by atoms with Crippen molar-refractivity contribution in [1.82, 2.24) is 15.5 Å². The molecule has 5 unspecified atom stereocenters. The van der Waals surface area contributed by atoms with E-state index in [9.17, 15) is 24.6 Å². The number of rotatable bonds is 8. The first kappa shape index (κ1) is 27.3. The Hall–Kier alpha value is -3.69. The van der Waals surface area contributed by atoms with Gasteiger partial charge in [0.25, 0.3) is 11.8 Å². The molecular weight excluding hydrogens is 486 g/mol. The predicted molar refractivity (Wildman–Crippen MR) is 141 cm³/mol. The first-order chi connectivity index (χ1) is 18.3. The molecule has 202 valence electrons. The van der Waals surface area contributed by atoms with Gasteiger partial charge in [-0.05, 0) is 57.2 Å². The monoisotopic (exact) mass is 521 g/mol. The van der Waals surface area contributed by atoms with Crippen LogP contribution in [0.25, 0.3) is 0 Å². The fraction of sp³-hybridized carbons (Fsp3) is 0.414. The number of aliphatic hydroxyl groups is 1. The zero-order valence-electron chi connectivity index (χ0n) is 21.7. The molecule has 2 aromatic carbocycles. The van der Waals surface area contributed by atoms with E-state index in [1.807, 2.05) is 42.5 Å². The third-order valence-electron chi connectivity index (χ3n) is 7.19. The number of nitrogens with zero attached hydrogens (tertiary/aromatic N) is 1. The predicted octanol–water partition coefficient (Wildman–Crippen LogP) is 2.20. The van der Waals surface area contributed by atoms with Gasteiger partial charge in [-0.3, -0.25) is 14.4 Å². The van der Waals surface area contributed by atoms with E-state index in [2.05, 4.69) is 10.6 Å². The lowest BCUT2D eigenvalue weighted by Gasteiger charge is -2.31. The van der Waals surface area contributed by atoms with Crippen LogP contribution in [-0.4, -0.2) is 69.9 Å². The van der Waals surface area contributed by atoms with Gasteiger partial charge in [0.2, 0.25) is 5.91 Å². The number of carbonyl (C=O) groups excluding carboxylic acids is 3. The summed E-state index contributed by atoms with van der Waals surface area (Å²) in [6.45, 7) is 3.19. The molecule has 1 aliphatic heterocycles. The highest BCUT2D eigenvalue weighted by molar-refractivity contribution is 5.97. The zero-order valence-corrected chi connectivity index (χ0v) is 21.7. The van der Waals surface area contributed by atoms with Gasteiger partial charge < -0.3 is 30.5 Å². The Kier molecular flexibility index (Phi) is 8.81. The summed E-state index contributed by atoms with van der Waals surface area (Å²) in [6, 6.07) is 11.8. The molecule has 1 aliphatic carbocycles. The van der Waals surface area contributed by atoms with Crippen LogP contribution < -0.4 is 10.6 Å². The average molecular weight is 522 g/mol. The third-order valence-corrected chi connectivity index (χ3v) is 7.19. The van der Waals surface area contributed by atoms with Crippen LogP contribution in [0.4, 0.5) is 0 Å². The van der Waals surface area contributed by atoms with Crippen molar-refractivity contribution in [2.24, 2.45) is 0 Å². The second kappa shape index (κ2) is 12.2. The summed E-state index contributed by atoms with van der Waals surface area (Å²) in [4.78, 5) is 41.1. The van der Waals surface area contributed by atoms with Crippen LogP contribution in [0.2, 0.25) is 0 Å². The Bertz CT molecular complexity index is 1180. The van der Waals surface area contributed by atoms with Crippen molar-refractivity contribution < 1.29 is 29.3 Å². The second-order valence-corrected chi connectivity index (χ2v) is 9.89. The summed E-state index contributed by atoms with van der Waals surface area (Å²) < 4.78 is 5.64. The minimum absolute atomic E-state index is 0.0289. The molecule has 1 heterocycles. The van der Waals surface area contributed by atoms with Gasteiger partial charge in [0.1, 0.15) is 18.5 Å². The van der Waals surface area contributed by atoms with Crippen LogP contribution in [0.1, 0.15) is 47.7 Å². The van der Waals surface area contributed by atoms with Gasteiger partial charge in [-0.15, -0.1) is 0 Å². The Morgan fingerprint density at radius 2 is 1.89 bits per heavy atom. The lowest BCUT2D eigenvalue weighted by Crippen LogP contribution is -2.57. The molecule has 9 heteroatoms. The molecule has 3 amide bonds. The number of allylic oxidation sites excluding steroid dienone is 1. The highest BCUT2D eigenvalue weighted by Crippen LogP contribution is 2.23. The van der Waals surface area contributed by atoms with E-state index in [4.69, 9.17) is 4.74 Å². The van der Waals surface area contributed by atoms with E-state index < -0.39 is 36.1 Å². The van der Waals surface area contributed by atoms with Crippen molar-refractivity contribution >= 4 is 17.7 Å². The van der Waals surface area contributed by atoms with E-state index >= 15 is 0 Å². The lowest BCUT2D eigenvalue weighted by atomic mass is 9.98. The van der Waals surface area contributed by atoms with Crippen LogP contribution in [0, 0.1) is 6.92 Å². The van der Waals surface area contributed by atoms with Crippen molar-refractivity contribution in [3.8, 4) is 5.75 Å². The molecule has 2 aromatic rings. The number of benzene rings is 2. The van der Waals surface area contributed by atoms with E-state index in [0.29, 0.717) is 5.56 Å². The maximum absolute atomic E-state index is 13.6. The Labute approximate surface area is 222 Å². The molecule has 1 fully saturated rings. The van der Waals surface area contributed by atoms with Crippen molar-refractivity contribution in [1.29, 1.82) is 0 Å². The quantitative estimate of drug-likeness (QED) is 0.395. The maximum Gasteiger partial charge on any atom is 0.256 e.